The molecule has 3 nitrogen and oxygen atoms in total. The molecule has 0 unspecified atom stereocenters. The molecule has 5 heteroatoms. The van der Waals surface area contributed by atoms with Crippen LogP contribution < -0.4 is 5.32 Å². The van der Waals surface area contributed by atoms with Crippen LogP contribution in [0.1, 0.15) is 18.4 Å². The maximum Gasteiger partial charge on any atom is 0.320 e. The van der Waals surface area contributed by atoms with E-state index in [2.05, 4.69) is 33.4 Å². The van der Waals surface area contributed by atoms with Crippen LogP contribution in [0.2, 0.25) is 0 Å². The quantitative estimate of drug-likeness (QED) is 0.893. The minimum atomic E-state index is -0.730. The topological polar surface area (TPSA) is 49.3 Å². The molecule has 0 aromatic heterocycles. The average molecular weight is 335 g/mol. The molecule has 0 spiro atoms. The minimum Gasteiger partial charge on any atom is -0.480 e. The molecule has 2 rings (SSSR count). The number of piperidine rings is 1. The van der Waals surface area contributed by atoms with Gasteiger partial charge < -0.3 is 10.4 Å². The highest BCUT2D eigenvalue weighted by Gasteiger charge is 2.25. The Morgan fingerprint density at radius 1 is 1.33 bits per heavy atom. The van der Waals surface area contributed by atoms with Crippen LogP contribution >= 0.6 is 28.3 Å². The van der Waals surface area contributed by atoms with Gasteiger partial charge in [-0.25, -0.2) is 0 Å². The van der Waals surface area contributed by atoms with Gasteiger partial charge in [0.2, 0.25) is 0 Å². The Morgan fingerprint density at radius 3 is 2.50 bits per heavy atom. The molecule has 1 aliphatic heterocycles. The molecule has 2 N–H and O–H groups in total. The highest BCUT2D eigenvalue weighted by Crippen LogP contribution is 2.20. The summed E-state index contributed by atoms with van der Waals surface area (Å²) in [7, 11) is 0. The molecule has 0 bridgehead atoms. The first-order chi connectivity index (χ1) is 8.15. The summed E-state index contributed by atoms with van der Waals surface area (Å²) in [5.74, 6) is -0.182. The zero-order chi connectivity index (χ0) is 12.3. The van der Waals surface area contributed by atoms with Crippen LogP contribution in [0.3, 0.4) is 0 Å². The van der Waals surface area contributed by atoms with Crippen LogP contribution in [-0.4, -0.2) is 23.7 Å². The van der Waals surface area contributed by atoms with Crippen molar-refractivity contribution in [3.05, 3.63) is 34.3 Å². The summed E-state index contributed by atoms with van der Waals surface area (Å²) in [4.78, 5) is 10.8. The standard InChI is InChI=1S/C13H16BrNO2.ClH/c14-11-4-1-9(2-5-11)7-10-3-6-12(13(16)17)15-8-10;/h1-2,4-5,10,12,15H,3,6-8H2,(H,16,17);1H/t10-,12+;/m1./s1. The van der Waals surface area contributed by atoms with E-state index in [1.54, 1.807) is 0 Å². The van der Waals surface area contributed by atoms with Crippen molar-refractivity contribution < 1.29 is 9.90 Å². The maximum absolute atomic E-state index is 10.8. The second-order valence-electron chi connectivity index (χ2n) is 4.57. The molecule has 18 heavy (non-hydrogen) atoms. The lowest BCUT2D eigenvalue weighted by molar-refractivity contribution is -0.140. The molecule has 2 atom stereocenters. The number of carbonyl (C=O) groups is 1. The lowest BCUT2D eigenvalue weighted by Gasteiger charge is -2.27. The second-order valence-corrected chi connectivity index (χ2v) is 5.49. The van der Waals surface area contributed by atoms with E-state index in [9.17, 15) is 4.79 Å². The molecule has 0 saturated carbocycles. The van der Waals surface area contributed by atoms with Crippen LogP contribution in [-0.2, 0) is 11.2 Å². The van der Waals surface area contributed by atoms with Gasteiger partial charge in [0.1, 0.15) is 6.04 Å². The van der Waals surface area contributed by atoms with Gasteiger partial charge in [-0.15, -0.1) is 12.4 Å². The van der Waals surface area contributed by atoms with E-state index in [4.69, 9.17) is 5.11 Å². The molecule has 100 valence electrons. The Hall–Kier alpha value is -0.580. The van der Waals surface area contributed by atoms with Crippen LogP contribution in [0.25, 0.3) is 0 Å². The maximum atomic E-state index is 10.8. The van der Waals surface area contributed by atoms with Crippen LogP contribution in [0.5, 0.6) is 0 Å². The van der Waals surface area contributed by atoms with E-state index < -0.39 is 5.97 Å². The first-order valence-corrected chi connectivity index (χ1v) is 6.65. The largest absolute Gasteiger partial charge is 0.480 e. The number of rotatable bonds is 3. The predicted octanol–water partition coefficient (Wildman–Crippen LogP) is 2.87. The summed E-state index contributed by atoms with van der Waals surface area (Å²) in [6, 6.07) is 7.98. The van der Waals surface area contributed by atoms with Crippen molar-refractivity contribution in [3.8, 4) is 0 Å². The summed E-state index contributed by atoms with van der Waals surface area (Å²) < 4.78 is 1.09. The van der Waals surface area contributed by atoms with Crippen molar-refractivity contribution in [2.75, 3.05) is 6.54 Å². The predicted molar refractivity (Wildman–Crippen MR) is 77.2 cm³/mol. The lowest BCUT2D eigenvalue weighted by Crippen LogP contribution is -2.44. The molecule has 1 aliphatic rings. The van der Waals surface area contributed by atoms with E-state index in [1.165, 1.54) is 5.56 Å². The average Bonchev–Trinajstić information content (AvgIpc) is 2.33. The number of benzene rings is 1. The van der Waals surface area contributed by atoms with Gasteiger partial charge in [-0.2, -0.15) is 0 Å². The van der Waals surface area contributed by atoms with Crippen LogP contribution in [0.15, 0.2) is 28.7 Å². The highest BCUT2D eigenvalue weighted by atomic mass is 79.9. The van der Waals surface area contributed by atoms with Gasteiger partial charge in [-0.3, -0.25) is 4.79 Å². The smallest absolute Gasteiger partial charge is 0.320 e. The molecular weight excluding hydrogens is 318 g/mol. The third-order valence-electron chi connectivity index (χ3n) is 3.25. The van der Waals surface area contributed by atoms with Crippen molar-refractivity contribution in [1.82, 2.24) is 5.32 Å². The zero-order valence-electron chi connectivity index (χ0n) is 9.93. The highest BCUT2D eigenvalue weighted by molar-refractivity contribution is 9.10. The van der Waals surface area contributed by atoms with Crippen molar-refractivity contribution in [2.45, 2.75) is 25.3 Å². The summed E-state index contributed by atoms with van der Waals surface area (Å²) in [6.45, 7) is 0.799. The lowest BCUT2D eigenvalue weighted by atomic mass is 9.89. The Labute approximate surface area is 122 Å². The van der Waals surface area contributed by atoms with Crippen molar-refractivity contribution in [3.63, 3.8) is 0 Å². The monoisotopic (exact) mass is 333 g/mol. The van der Waals surface area contributed by atoms with Gasteiger partial charge in [-0.1, -0.05) is 28.1 Å². The van der Waals surface area contributed by atoms with Crippen LogP contribution in [0, 0.1) is 5.92 Å². The Balaban J connectivity index is 0.00000162. The first kappa shape index (κ1) is 15.5. The first-order valence-electron chi connectivity index (χ1n) is 5.86. The van der Waals surface area contributed by atoms with Gasteiger partial charge in [0.05, 0.1) is 0 Å². The fraction of sp³-hybridized carbons (Fsp3) is 0.462. The van der Waals surface area contributed by atoms with Gasteiger partial charge in [0.25, 0.3) is 0 Å². The van der Waals surface area contributed by atoms with E-state index >= 15 is 0 Å². The van der Waals surface area contributed by atoms with Gasteiger partial charge in [0, 0.05) is 4.47 Å². The molecule has 1 heterocycles. The molecule has 1 fully saturated rings. The van der Waals surface area contributed by atoms with Gasteiger partial charge in [0.15, 0.2) is 0 Å². The summed E-state index contributed by atoms with van der Waals surface area (Å²) in [5, 5.41) is 12.0. The number of hydrogen-bond acceptors (Lipinski definition) is 2. The molecular formula is C13H17BrClNO2. The number of aliphatic carboxylic acids is 1. The van der Waals surface area contributed by atoms with E-state index in [1.807, 2.05) is 12.1 Å². The summed E-state index contributed by atoms with van der Waals surface area (Å²) in [6.07, 6.45) is 2.74. The zero-order valence-corrected chi connectivity index (χ0v) is 12.3. The van der Waals surface area contributed by atoms with Crippen molar-refractivity contribution >= 4 is 34.3 Å². The molecule has 0 aliphatic carbocycles. The number of hydrogen-bond donors (Lipinski definition) is 2. The number of nitrogens with one attached hydrogen (secondary N) is 1. The second kappa shape index (κ2) is 7.12. The minimum absolute atomic E-state index is 0. The Morgan fingerprint density at radius 2 is 2.00 bits per heavy atom. The number of carboxylic acids is 1. The molecule has 1 aromatic rings. The number of carboxylic acid groups (broad SMARTS) is 1. The summed E-state index contributed by atoms with van der Waals surface area (Å²) in [5.41, 5.74) is 1.31. The van der Waals surface area contributed by atoms with Crippen molar-refractivity contribution in [2.24, 2.45) is 5.92 Å². The fourth-order valence-electron chi connectivity index (χ4n) is 2.25. The molecule has 0 radical (unpaired) electrons. The summed E-state index contributed by atoms with van der Waals surface area (Å²) >= 11 is 3.42. The third-order valence-corrected chi connectivity index (χ3v) is 3.78. The van der Waals surface area contributed by atoms with Gasteiger partial charge in [-0.05, 0) is 49.4 Å². The van der Waals surface area contributed by atoms with E-state index in [-0.39, 0.29) is 18.4 Å². The fourth-order valence-corrected chi connectivity index (χ4v) is 2.52. The molecule has 0 amide bonds. The normalized spacial score (nSPS) is 23.2. The van der Waals surface area contributed by atoms with E-state index in [0.717, 1.165) is 30.3 Å². The molecule has 1 aromatic carbocycles. The third kappa shape index (κ3) is 4.26. The molecule has 1 saturated heterocycles. The SMILES string of the molecule is Cl.O=C(O)[C@@H]1CC[C@H](Cc2ccc(Br)cc2)CN1. The van der Waals surface area contributed by atoms with Crippen molar-refractivity contribution in [1.29, 1.82) is 0 Å². The van der Waals surface area contributed by atoms with Crippen LogP contribution in [0.4, 0.5) is 0 Å². The Kier molecular flexibility index (Phi) is 6.12. The van der Waals surface area contributed by atoms with E-state index in [0.29, 0.717) is 5.92 Å². The Bertz CT molecular complexity index is 388. The number of halogens is 2. The van der Waals surface area contributed by atoms with Gasteiger partial charge >= 0.3 is 5.97 Å².